The highest BCUT2D eigenvalue weighted by atomic mass is 16.6. The lowest BCUT2D eigenvalue weighted by Gasteiger charge is -2.61. The lowest BCUT2D eigenvalue weighted by molar-refractivity contribution is -0.197. The number of benzene rings is 2. The Kier molecular flexibility index (Phi) is 31.4. The minimum Gasteiger partial charge on any atom is -0.465 e. The molecule has 17 nitrogen and oxygen atoms in total. The Labute approximate surface area is 869 Å². The maximum Gasteiger partial charge on any atom is 0.312 e. The second kappa shape index (κ2) is 40.7. The van der Waals surface area contributed by atoms with Gasteiger partial charge >= 0.3 is 41.8 Å². The lowest BCUT2D eigenvalue weighted by atomic mass is 9.43. The number of esters is 7. The highest BCUT2D eigenvalue weighted by Crippen LogP contribution is 2.72. The number of hydrogen-bond acceptors (Lipinski definition) is 17. The van der Waals surface area contributed by atoms with Crippen LogP contribution in [0.3, 0.4) is 0 Å². The molecule has 12 unspecified atom stereocenters. The van der Waals surface area contributed by atoms with Crippen LogP contribution in [0.1, 0.15) is 434 Å². The second-order valence-corrected chi connectivity index (χ2v) is 62.7. The zero-order valence-corrected chi connectivity index (χ0v) is 94.4. The summed E-state index contributed by atoms with van der Waals surface area (Å²) in [5.74, 6) is 10.9. The molecule has 12 atom stereocenters. The van der Waals surface area contributed by atoms with Crippen LogP contribution < -0.4 is 0 Å². The van der Waals surface area contributed by atoms with Crippen LogP contribution in [0.15, 0.2) is 60.7 Å². The van der Waals surface area contributed by atoms with Crippen LogP contribution in [0.25, 0.3) is 0 Å². The van der Waals surface area contributed by atoms with Crippen molar-refractivity contribution in [3.8, 4) is 0 Å². The van der Waals surface area contributed by atoms with E-state index in [2.05, 4.69) is 213 Å². The molecule has 0 aliphatic heterocycles. The van der Waals surface area contributed by atoms with Crippen molar-refractivity contribution < 1.29 is 81.7 Å². The van der Waals surface area contributed by atoms with Gasteiger partial charge in [0, 0.05) is 11.8 Å². The molecule has 2 N–H and O–H groups in total. The van der Waals surface area contributed by atoms with Crippen molar-refractivity contribution in [2.75, 3.05) is 46.2 Å². The van der Waals surface area contributed by atoms with Crippen molar-refractivity contribution in [2.45, 2.75) is 446 Å². The molecule has 0 saturated heterocycles. The molecule has 30 rings (SSSR count). The molecular formula is C127H196O17. The number of hydrogen-bond donors (Lipinski definition) is 2. The van der Waals surface area contributed by atoms with Gasteiger partial charge in [-0.2, -0.15) is 0 Å². The van der Waals surface area contributed by atoms with Crippen LogP contribution in [-0.4, -0.2) is 116 Å². The first-order chi connectivity index (χ1) is 66.9. The van der Waals surface area contributed by atoms with E-state index in [4.69, 9.17) is 33.2 Å². The van der Waals surface area contributed by atoms with Crippen LogP contribution in [0.4, 0.5) is 0 Å². The summed E-state index contributed by atoms with van der Waals surface area (Å²) in [6.45, 7) is 54.3. The van der Waals surface area contributed by atoms with Crippen molar-refractivity contribution in [1.82, 2.24) is 0 Å². The summed E-state index contributed by atoms with van der Waals surface area (Å²) in [4.78, 5) is 101. The lowest BCUT2D eigenvalue weighted by Crippen LogP contribution is -2.58. The maximum absolute atomic E-state index is 13.1. The highest BCUT2D eigenvalue weighted by Gasteiger charge is 2.68. The van der Waals surface area contributed by atoms with E-state index >= 15 is 0 Å². The average Bonchev–Trinajstić information content (AvgIpc) is 0.725. The van der Waals surface area contributed by atoms with Crippen molar-refractivity contribution in [3.63, 3.8) is 0 Å². The first-order valence-corrected chi connectivity index (χ1v) is 58.2. The first-order valence-electron chi connectivity index (χ1n) is 58.2. The molecule has 17 heteroatoms. The predicted molar refractivity (Wildman–Crippen MR) is 566 cm³/mol. The number of carbonyl (C=O) groups excluding carboxylic acids is 8. The van der Waals surface area contributed by atoms with E-state index in [0.29, 0.717) is 123 Å². The molecule has 28 aliphatic carbocycles. The fourth-order valence-electron chi connectivity index (χ4n) is 36.3. The molecule has 0 heterocycles. The third-order valence-electron chi connectivity index (χ3n) is 39.0. The van der Waals surface area contributed by atoms with E-state index in [1.165, 1.54) is 94.6 Å². The Morgan fingerprint density at radius 1 is 0.264 bits per heavy atom. The standard InChI is InChI=1S/2C22H30O2.C17H28O2.2C16H26O3.C16H24O3.C16H26O2.C2H6/c2*1-20(2,3)15-24-19(23)22-12-16-9-17(13-22)11-21(10-16,14-22)18-7-5-4-6-8-18;1-15(2,3)11-19-14(18)17-8-12-5-13(9-17)7-16(4,6-12)10-17;1-14(2,3)10-19-13(17)15-5-11-4-12(6-15)8-16(18,7-11)9-15;2*1-15(2,3)9-19-14(18)16-6-10-4-11(7-16)13(17)12(5-10)8-16;1-15(2,3)10-18-14(17)16-7-11-4-12(8-16)6-13(5-11)9-16;1-2/h2*4-8,16-17H,9-15H2,1-3H3;12-13H,5-11H2,1-4H3;11-12,18H,4-10H2,1-3H3;10-13,17H,4-9H2,1-3H3;10-12H,4-9H2,1-3H3;11-13H,4-10H2,1-3H3;1-2H3. The molecule has 28 saturated carbocycles. The summed E-state index contributed by atoms with van der Waals surface area (Å²) < 4.78 is 39.8. The van der Waals surface area contributed by atoms with E-state index in [-0.39, 0.29) is 146 Å². The third kappa shape index (κ3) is 25.1. The summed E-state index contributed by atoms with van der Waals surface area (Å²) in [6, 6.07) is 21.9. The van der Waals surface area contributed by atoms with E-state index in [1.807, 2.05) is 13.8 Å². The van der Waals surface area contributed by atoms with Crippen molar-refractivity contribution >= 4 is 47.6 Å². The van der Waals surface area contributed by atoms with E-state index in [0.717, 1.165) is 197 Å². The number of ketones is 1. The van der Waals surface area contributed by atoms with Crippen LogP contribution in [0.5, 0.6) is 0 Å². The molecule has 0 aromatic heterocycles. The number of ether oxygens (including phenoxy) is 7. The number of aliphatic hydroxyl groups is 2. The third-order valence-corrected chi connectivity index (χ3v) is 39.0. The van der Waals surface area contributed by atoms with E-state index in [1.54, 1.807) is 0 Å². The zero-order chi connectivity index (χ0) is 104. The molecule has 0 spiro atoms. The fraction of sp³-hybridized carbons (Fsp3) is 0.843. The summed E-state index contributed by atoms with van der Waals surface area (Å²) in [7, 11) is 0. The summed E-state index contributed by atoms with van der Waals surface area (Å²) in [5, 5.41) is 20.9. The quantitative estimate of drug-likeness (QED) is 0.117. The average molecular weight is 1990 g/mol. The van der Waals surface area contributed by atoms with Gasteiger partial charge in [0.25, 0.3) is 0 Å². The van der Waals surface area contributed by atoms with Gasteiger partial charge in [0.1, 0.15) is 5.78 Å². The van der Waals surface area contributed by atoms with Crippen LogP contribution in [-0.2, 0) is 82.3 Å². The monoisotopic (exact) mass is 1990 g/mol. The Hall–Kier alpha value is -5.68. The molecule has 806 valence electrons. The Morgan fingerprint density at radius 3 is 0.750 bits per heavy atom. The molecule has 28 aliphatic rings. The Bertz CT molecular complexity index is 4550. The van der Waals surface area contributed by atoms with Crippen molar-refractivity contribution in [2.24, 2.45) is 182 Å². The minimum absolute atomic E-state index is 0.00771. The van der Waals surface area contributed by atoms with Crippen LogP contribution in [0, 0.1) is 182 Å². The number of carbonyl (C=O) groups is 8. The molecule has 144 heavy (non-hydrogen) atoms. The van der Waals surface area contributed by atoms with E-state index in [9.17, 15) is 48.6 Å². The topological polar surface area (TPSA) is 242 Å². The van der Waals surface area contributed by atoms with Gasteiger partial charge in [-0.25, -0.2) is 0 Å². The Balaban J connectivity index is 0.000000120. The summed E-state index contributed by atoms with van der Waals surface area (Å²) in [5.41, 5.74) is 1.85. The molecule has 28 bridgehead atoms. The molecule has 2 aromatic rings. The van der Waals surface area contributed by atoms with Crippen LogP contribution in [0.2, 0.25) is 0 Å². The van der Waals surface area contributed by atoms with Gasteiger partial charge in [-0.15, -0.1) is 0 Å². The largest absolute Gasteiger partial charge is 0.465 e. The van der Waals surface area contributed by atoms with Gasteiger partial charge in [-0.1, -0.05) is 227 Å². The van der Waals surface area contributed by atoms with Crippen LogP contribution >= 0.6 is 0 Å². The molecule has 2 aromatic carbocycles. The number of aliphatic hydroxyl groups excluding tert-OH is 1. The van der Waals surface area contributed by atoms with Gasteiger partial charge in [-0.3, -0.25) is 38.4 Å². The molecule has 28 fully saturated rings. The molecule has 0 radical (unpaired) electrons. The Morgan fingerprint density at radius 2 is 0.479 bits per heavy atom. The number of rotatable bonds is 16. The first kappa shape index (κ1) is 111. The molecular weight excluding hydrogens is 1800 g/mol. The van der Waals surface area contributed by atoms with Gasteiger partial charge in [0.15, 0.2) is 0 Å². The van der Waals surface area contributed by atoms with Gasteiger partial charge in [0.2, 0.25) is 0 Å². The predicted octanol–water partition coefficient (Wildman–Crippen LogP) is 27.9. The van der Waals surface area contributed by atoms with Gasteiger partial charge < -0.3 is 43.4 Å². The maximum atomic E-state index is 13.1. The minimum atomic E-state index is -0.579. The fourth-order valence-corrected chi connectivity index (χ4v) is 36.3. The normalized spacial score (nSPS) is 40.7. The van der Waals surface area contributed by atoms with Crippen molar-refractivity contribution in [1.29, 1.82) is 0 Å². The van der Waals surface area contributed by atoms with Gasteiger partial charge in [-0.05, 0) is 411 Å². The van der Waals surface area contributed by atoms with E-state index < -0.39 is 5.60 Å². The highest BCUT2D eigenvalue weighted by molar-refractivity contribution is 5.90. The number of Topliss-reactive ketones (excluding diaryl/α,β-unsaturated/α-hetero) is 1. The SMILES string of the molecule is CC.CC(C)(C)COC(=O)C12CC3CC(C1)C(=O)C(C3)C2.CC(C)(C)COC(=O)C12CC3CC(C1)C(O)C(C3)C2.CC(C)(C)COC(=O)C12CC3CC(C1)CC(c1ccccc1)(C3)C2.CC(C)(C)COC(=O)C12CC3CC(C1)CC(c1ccccc1)(C3)C2.CC(C)(C)COC(=O)C12CC3CC(CC(C)(C3)C1)C2.CC(C)(C)COC(=O)C12CC3CC(CC(C3)C1)C2.CC(C)(C)COC(=O)C12CC3CC(CC(O)(C3)C1)C2. The second-order valence-electron chi connectivity index (χ2n) is 62.7. The summed E-state index contributed by atoms with van der Waals surface area (Å²) >= 11 is 0. The summed E-state index contributed by atoms with van der Waals surface area (Å²) in [6.07, 6.45) is 43.5. The van der Waals surface area contributed by atoms with Gasteiger partial charge in [0.05, 0.1) is 95.9 Å². The zero-order valence-electron chi connectivity index (χ0n) is 94.4. The van der Waals surface area contributed by atoms with Crippen molar-refractivity contribution in [3.05, 3.63) is 71.8 Å². The smallest absolute Gasteiger partial charge is 0.312 e. The molecule has 0 amide bonds.